The summed E-state index contributed by atoms with van der Waals surface area (Å²) >= 11 is 0. The molecule has 29 heavy (non-hydrogen) atoms. The van der Waals surface area contributed by atoms with E-state index in [4.69, 9.17) is 5.11 Å². The molecule has 0 aliphatic carbocycles. The SMILES string of the molecule is CCCCNCc1cccc(C(F)(F)F)c1.O=C(O)c1cnc2ccccc2n1. The van der Waals surface area contributed by atoms with E-state index >= 15 is 0 Å². The van der Waals surface area contributed by atoms with Crippen LogP contribution in [0.5, 0.6) is 0 Å². The van der Waals surface area contributed by atoms with Crippen molar-refractivity contribution in [2.24, 2.45) is 0 Å². The summed E-state index contributed by atoms with van der Waals surface area (Å²) in [5.41, 5.74) is 1.36. The highest BCUT2D eigenvalue weighted by atomic mass is 19.4. The van der Waals surface area contributed by atoms with Crippen molar-refractivity contribution in [2.45, 2.75) is 32.5 Å². The fraction of sp³-hybridized carbons (Fsp3) is 0.286. The number of carboxylic acid groups (broad SMARTS) is 1. The Morgan fingerprint density at radius 3 is 2.48 bits per heavy atom. The first kappa shape index (κ1) is 22.3. The van der Waals surface area contributed by atoms with Crippen LogP contribution in [-0.4, -0.2) is 27.6 Å². The van der Waals surface area contributed by atoms with E-state index < -0.39 is 17.7 Å². The summed E-state index contributed by atoms with van der Waals surface area (Å²) < 4.78 is 37.2. The summed E-state index contributed by atoms with van der Waals surface area (Å²) in [4.78, 5) is 18.4. The number of aromatic carboxylic acids is 1. The van der Waals surface area contributed by atoms with Crippen LogP contribution in [0.25, 0.3) is 11.0 Å². The smallest absolute Gasteiger partial charge is 0.416 e. The summed E-state index contributed by atoms with van der Waals surface area (Å²) in [6.07, 6.45) is -0.876. The van der Waals surface area contributed by atoms with E-state index in [9.17, 15) is 18.0 Å². The molecule has 0 aliphatic heterocycles. The van der Waals surface area contributed by atoms with Crippen LogP contribution in [0, 0.1) is 0 Å². The van der Waals surface area contributed by atoms with Crippen molar-refractivity contribution in [1.29, 1.82) is 0 Å². The van der Waals surface area contributed by atoms with Crippen molar-refractivity contribution < 1.29 is 23.1 Å². The molecule has 0 atom stereocenters. The maximum atomic E-state index is 12.4. The van der Waals surface area contributed by atoms with Gasteiger partial charge < -0.3 is 10.4 Å². The molecule has 0 aliphatic rings. The molecular weight excluding hydrogens is 383 g/mol. The zero-order valence-electron chi connectivity index (χ0n) is 15.9. The number of halogens is 3. The van der Waals surface area contributed by atoms with Crippen LogP contribution in [0.4, 0.5) is 13.2 Å². The lowest BCUT2D eigenvalue weighted by Crippen LogP contribution is -2.15. The molecule has 5 nitrogen and oxygen atoms in total. The number of aromatic nitrogens is 2. The van der Waals surface area contributed by atoms with Crippen molar-refractivity contribution in [3.8, 4) is 0 Å². The maximum absolute atomic E-state index is 12.4. The number of carbonyl (C=O) groups is 1. The standard InChI is InChI=1S/C12H16F3N.C9H6N2O2/c1-2-3-7-16-9-10-5-4-6-11(8-10)12(13,14)15;12-9(13)8-5-10-6-3-1-2-4-7(6)11-8/h4-6,8,16H,2-3,7,9H2,1H3;1-5H,(H,12,13). The summed E-state index contributed by atoms with van der Waals surface area (Å²) in [5, 5.41) is 11.8. The molecule has 3 aromatic rings. The quantitative estimate of drug-likeness (QED) is 0.569. The third-order valence-corrected chi connectivity index (χ3v) is 3.96. The number of rotatable bonds is 6. The van der Waals surface area contributed by atoms with E-state index in [0.29, 0.717) is 23.1 Å². The zero-order chi connectivity index (χ0) is 21.3. The van der Waals surface area contributed by atoms with Gasteiger partial charge >= 0.3 is 12.1 Å². The number of nitrogens with zero attached hydrogens (tertiary/aromatic N) is 2. The summed E-state index contributed by atoms with van der Waals surface area (Å²) in [6, 6.07) is 12.6. The number of unbranched alkanes of at least 4 members (excludes halogenated alkanes) is 1. The van der Waals surface area contributed by atoms with Crippen LogP contribution in [-0.2, 0) is 12.7 Å². The lowest BCUT2D eigenvalue weighted by molar-refractivity contribution is -0.137. The van der Waals surface area contributed by atoms with Crippen molar-refractivity contribution in [3.05, 3.63) is 71.5 Å². The largest absolute Gasteiger partial charge is 0.476 e. The second-order valence-corrected chi connectivity index (χ2v) is 6.28. The van der Waals surface area contributed by atoms with E-state index in [1.807, 2.05) is 6.07 Å². The molecular formula is C21H22F3N3O2. The molecule has 1 aromatic heterocycles. The minimum Gasteiger partial charge on any atom is -0.476 e. The molecule has 0 spiro atoms. The van der Waals surface area contributed by atoms with Gasteiger partial charge in [-0.3, -0.25) is 4.98 Å². The molecule has 1 heterocycles. The average Bonchev–Trinajstić information content (AvgIpc) is 2.71. The maximum Gasteiger partial charge on any atom is 0.416 e. The molecule has 0 fully saturated rings. The Balaban J connectivity index is 0.000000211. The predicted octanol–water partition coefficient (Wildman–Crippen LogP) is 4.92. The first-order valence-electron chi connectivity index (χ1n) is 9.13. The molecule has 3 rings (SSSR count). The number of alkyl halides is 3. The van der Waals surface area contributed by atoms with Gasteiger partial charge in [-0.2, -0.15) is 13.2 Å². The number of benzene rings is 2. The number of carboxylic acids is 1. The second-order valence-electron chi connectivity index (χ2n) is 6.28. The number of hydrogen-bond acceptors (Lipinski definition) is 4. The van der Waals surface area contributed by atoms with E-state index in [1.165, 1.54) is 18.3 Å². The molecule has 2 aromatic carbocycles. The molecule has 0 unspecified atom stereocenters. The first-order chi connectivity index (χ1) is 13.8. The lowest BCUT2D eigenvalue weighted by Gasteiger charge is -2.09. The first-order valence-corrected chi connectivity index (χ1v) is 9.13. The highest BCUT2D eigenvalue weighted by Gasteiger charge is 2.30. The van der Waals surface area contributed by atoms with Crippen LogP contribution in [0.3, 0.4) is 0 Å². The van der Waals surface area contributed by atoms with Crippen LogP contribution < -0.4 is 5.32 Å². The van der Waals surface area contributed by atoms with Gasteiger partial charge in [-0.05, 0) is 36.7 Å². The Morgan fingerprint density at radius 1 is 1.10 bits per heavy atom. The monoisotopic (exact) mass is 405 g/mol. The molecule has 0 saturated heterocycles. The zero-order valence-corrected chi connectivity index (χ0v) is 15.9. The van der Waals surface area contributed by atoms with Crippen molar-refractivity contribution >= 4 is 17.0 Å². The van der Waals surface area contributed by atoms with Crippen LogP contribution in [0.15, 0.2) is 54.7 Å². The Morgan fingerprint density at radius 2 is 1.83 bits per heavy atom. The molecule has 8 heteroatoms. The predicted molar refractivity (Wildman–Crippen MR) is 105 cm³/mol. The van der Waals surface area contributed by atoms with Crippen molar-refractivity contribution in [2.75, 3.05) is 6.54 Å². The van der Waals surface area contributed by atoms with Gasteiger partial charge in [0.1, 0.15) is 0 Å². The van der Waals surface area contributed by atoms with Crippen LogP contribution >= 0.6 is 0 Å². The Kier molecular flexibility index (Phi) is 8.09. The van der Waals surface area contributed by atoms with Gasteiger partial charge in [0.25, 0.3) is 0 Å². The lowest BCUT2D eigenvalue weighted by atomic mass is 10.1. The van der Waals surface area contributed by atoms with Gasteiger partial charge in [-0.1, -0.05) is 43.7 Å². The molecule has 0 bridgehead atoms. The van der Waals surface area contributed by atoms with Crippen molar-refractivity contribution in [3.63, 3.8) is 0 Å². The summed E-state index contributed by atoms with van der Waals surface area (Å²) in [6.45, 7) is 3.41. The van der Waals surface area contributed by atoms with Gasteiger partial charge in [-0.15, -0.1) is 0 Å². The molecule has 0 radical (unpaired) electrons. The number of fused-ring (bicyclic) bond motifs is 1. The Bertz CT molecular complexity index is 946. The van der Waals surface area contributed by atoms with Gasteiger partial charge in [0.05, 0.1) is 22.8 Å². The van der Waals surface area contributed by atoms with Gasteiger partial charge in [0, 0.05) is 6.54 Å². The second kappa shape index (κ2) is 10.5. The van der Waals surface area contributed by atoms with E-state index in [2.05, 4.69) is 22.2 Å². The van der Waals surface area contributed by atoms with Gasteiger partial charge in [0.15, 0.2) is 5.69 Å². The van der Waals surface area contributed by atoms with Gasteiger partial charge in [-0.25, -0.2) is 9.78 Å². The average molecular weight is 405 g/mol. The normalized spacial score (nSPS) is 11.0. The fourth-order valence-electron chi connectivity index (χ4n) is 2.45. The molecule has 2 N–H and O–H groups in total. The summed E-state index contributed by atoms with van der Waals surface area (Å²) in [5.74, 6) is -1.06. The highest BCUT2D eigenvalue weighted by molar-refractivity contribution is 5.87. The Labute approximate surface area is 166 Å². The summed E-state index contributed by atoms with van der Waals surface area (Å²) in [7, 11) is 0. The third-order valence-electron chi connectivity index (χ3n) is 3.96. The minimum atomic E-state index is -4.25. The van der Waals surface area contributed by atoms with Crippen LogP contribution in [0.2, 0.25) is 0 Å². The fourth-order valence-corrected chi connectivity index (χ4v) is 2.45. The number of hydrogen-bond donors (Lipinski definition) is 2. The topological polar surface area (TPSA) is 75.1 Å². The van der Waals surface area contributed by atoms with Crippen LogP contribution in [0.1, 0.15) is 41.4 Å². The van der Waals surface area contributed by atoms with E-state index in [0.717, 1.165) is 25.5 Å². The van der Waals surface area contributed by atoms with Gasteiger partial charge in [0.2, 0.25) is 0 Å². The molecule has 0 amide bonds. The Hall–Kier alpha value is -3.00. The molecule has 0 saturated carbocycles. The number of para-hydroxylation sites is 2. The third kappa shape index (κ3) is 7.15. The number of nitrogens with one attached hydrogen (secondary N) is 1. The van der Waals surface area contributed by atoms with Crippen molar-refractivity contribution in [1.82, 2.24) is 15.3 Å². The minimum absolute atomic E-state index is 0.0290. The molecule has 154 valence electrons. The van der Waals surface area contributed by atoms with E-state index in [1.54, 1.807) is 24.3 Å². The highest BCUT2D eigenvalue weighted by Crippen LogP contribution is 2.29. The van der Waals surface area contributed by atoms with E-state index in [-0.39, 0.29) is 5.69 Å².